The maximum Gasteiger partial charge on any atom is 0.226 e. The molecule has 1 N–H and O–H groups in total. The molecule has 0 amide bonds. The van der Waals surface area contributed by atoms with Crippen molar-refractivity contribution < 1.29 is 4.52 Å². The Morgan fingerprint density at radius 3 is 2.69 bits per heavy atom. The third-order valence-corrected chi connectivity index (χ3v) is 4.56. The Morgan fingerprint density at radius 1 is 1.35 bits per heavy atom. The van der Waals surface area contributed by atoms with Crippen LogP contribution in [0.25, 0.3) is 0 Å². The Hall–Kier alpha value is -1.16. The number of aromatic nitrogens is 2. The Labute approximate surface area is 181 Å². The van der Waals surface area contributed by atoms with E-state index in [0.29, 0.717) is 11.8 Å². The maximum absolute atomic E-state index is 5.26. The summed E-state index contributed by atoms with van der Waals surface area (Å²) in [6.45, 7) is 5.69. The van der Waals surface area contributed by atoms with E-state index >= 15 is 0 Å². The summed E-state index contributed by atoms with van der Waals surface area (Å²) in [5.41, 5.74) is 1.22. The van der Waals surface area contributed by atoms with Gasteiger partial charge >= 0.3 is 0 Å². The van der Waals surface area contributed by atoms with E-state index in [1.807, 2.05) is 19.2 Å². The lowest BCUT2D eigenvalue weighted by Gasteiger charge is -2.22. The molecule has 0 saturated heterocycles. The number of hydrogen-bond acceptors (Lipinski definition) is 4. The zero-order valence-corrected chi connectivity index (χ0v) is 19.6. The summed E-state index contributed by atoms with van der Waals surface area (Å²) >= 11 is 3.59. The fourth-order valence-corrected chi connectivity index (χ4v) is 2.80. The molecule has 0 aliphatic carbocycles. The van der Waals surface area contributed by atoms with Gasteiger partial charge in [-0.25, -0.2) is 0 Å². The average Bonchev–Trinajstić information content (AvgIpc) is 3.06. The summed E-state index contributed by atoms with van der Waals surface area (Å²) in [4.78, 5) is 10.8. The highest BCUT2D eigenvalue weighted by molar-refractivity contribution is 14.0. The lowest BCUT2D eigenvalue weighted by Crippen LogP contribution is -2.39. The van der Waals surface area contributed by atoms with Crippen LogP contribution >= 0.6 is 39.9 Å². The summed E-state index contributed by atoms with van der Waals surface area (Å²) in [5, 5.41) is 7.37. The standard InChI is InChI=1S/C18H26BrN5O.HI/c1-13(2)17-22-16(25-23-17)10-7-11-21-18(20-3)24(4)12-14-8-5-6-9-15(14)19;/h5-6,8-9,13H,7,10-12H2,1-4H3,(H,20,21);1H. The van der Waals surface area contributed by atoms with Crippen molar-refractivity contribution in [3.05, 3.63) is 46.0 Å². The van der Waals surface area contributed by atoms with Gasteiger partial charge in [-0.05, 0) is 18.1 Å². The Balaban J connectivity index is 0.00000338. The maximum atomic E-state index is 5.26. The Morgan fingerprint density at radius 2 is 2.08 bits per heavy atom. The first kappa shape index (κ1) is 22.9. The third kappa shape index (κ3) is 6.86. The van der Waals surface area contributed by atoms with Gasteiger partial charge in [-0.2, -0.15) is 4.98 Å². The van der Waals surface area contributed by atoms with Gasteiger partial charge in [-0.1, -0.05) is 53.1 Å². The van der Waals surface area contributed by atoms with Crippen LogP contribution in [0.5, 0.6) is 0 Å². The van der Waals surface area contributed by atoms with Gasteiger partial charge in [0, 0.05) is 44.0 Å². The minimum Gasteiger partial charge on any atom is -0.356 e. The largest absolute Gasteiger partial charge is 0.356 e. The van der Waals surface area contributed by atoms with Crippen LogP contribution in [0, 0.1) is 0 Å². The van der Waals surface area contributed by atoms with Gasteiger partial charge in [-0.15, -0.1) is 24.0 Å². The molecule has 1 aromatic carbocycles. The lowest BCUT2D eigenvalue weighted by atomic mass is 10.2. The summed E-state index contributed by atoms with van der Waals surface area (Å²) in [5.74, 6) is 2.62. The van der Waals surface area contributed by atoms with Gasteiger partial charge in [0.25, 0.3) is 0 Å². The zero-order valence-electron chi connectivity index (χ0n) is 15.7. The van der Waals surface area contributed by atoms with Crippen molar-refractivity contribution in [3.63, 3.8) is 0 Å². The van der Waals surface area contributed by atoms with Crippen molar-refractivity contribution >= 4 is 45.9 Å². The van der Waals surface area contributed by atoms with E-state index in [9.17, 15) is 0 Å². The molecule has 0 spiro atoms. The highest BCUT2D eigenvalue weighted by Crippen LogP contribution is 2.17. The van der Waals surface area contributed by atoms with Crippen LogP contribution in [-0.4, -0.2) is 41.6 Å². The number of aryl methyl sites for hydroxylation is 1. The minimum atomic E-state index is 0. The second-order valence-corrected chi connectivity index (χ2v) is 7.08. The van der Waals surface area contributed by atoms with Gasteiger partial charge in [0.05, 0.1) is 0 Å². The van der Waals surface area contributed by atoms with Crippen molar-refractivity contribution in [1.82, 2.24) is 20.4 Å². The molecule has 0 saturated carbocycles. The molecular formula is C18H27BrIN5O. The van der Waals surface area contributed by atoms with Crippen molar-refractivity contribution in [2.45, 2.75) is 39.2 Å². The molecule has 1 aromatic heterocycles. The molecular weight excluding hydrogens is 509 g/mol. The van der Waals surface area contributed by atoms with Crippen molar-refractivity contribution in [2.24, 2.45) is 4.99 Å². The summed E-state index contributed by atoms with van der Waals surface area (Å²) in [7, 11) is 3.83. The highest BCUT2D eigenvalue weighted by atomic mass is 127. The van der Waals surface area contributed by atoms with Gasteiger partial charge in [-0.3, -0.25) is 4.99 Å². The first-order chi connectivity index (χ1) is 12.0. The first-order valence-corrected chi connectivity index (χ1v) is 9.28. The number of guanidine groups is 1. The molecule has 0 aliphatic rings. The van der Waals surface area contributed by atoms with Crippen molar-refractivity contribution in [1.29, 1.82) is 0 Å². The second-order valence-electron chi connectivity index (χ2n) is 6.23. The smallest absolute Gasteiger partial charge is 0.226 e. The van der Waals surface area contributed by atoms with Crippen molar-refractivity contribution in [3.8, 4) is 0 Å². The second kappa shape index (κ2) is 11.5. The van der Waals surface area contributed by atoms with Crippen LogP contribution in [0.15, 0.2) is 38.3 Å². The van der Waals surface area contributed by atoms with Gasteiger partial charge in [0.1, 0.15) is 0 Å². The zero-order chi connectivity index (χ0) is 18.2. The van der Waals surface area contributed by atoms with Crippen LogP contribution in [0.2, 0.25) is 0 Å². The van der Waals surface area contributed by atoms with Gasteiger partial charge in [0.15, 0.2) is 11.8 Å². The molecule has 8 heteroatoms. The topological polar surface area (TPSA) is 66.5 Å². The van der Waals surface area contributed by atoms with Crippen LogP contribution in [-0.2, 0) is 13.0 Å². The van der Waals surface area contributed by atoms with E-state index in [1.54, 1.807) is 7.05 Å². The number of halogens is 2. The number of nitrogens with one attached hydrogen (secondary N) is 1. The van der Waals surface area contributed by atoms with Crippen LogP contribution in [0.3, 0.4) is 0 Å². The predicted molar refractivity (Wildman–Crippen MR) is 119 cm³/mol. The Kier molecular flexibility index (Phi) is 10.1. The number of benzene rings is 1. The highest BCUT2D eigenvalue weighted by Gasteiger charge is 2.10. The fraction of sp³-hybridized carbons (Fsp3) is 0.500. The SMILES string of the molecule is CN=C(NCCCc1nc(C(C)C)no1)N(C)Cc1ccccc1Br.I. The number of aliphatic imine (C=N–C) groups is 1. The van der Waals surface area contributed by atoms with Crippen LogP contribution in [0.4, 0.5) is 0 Å². The van der Waals surface area contributed by atoms with E-state index in [0.717, 1.165) is 42.2 Å². The Bertz CT molecular complexity index is 704. The van der Waals surface area contributed by atoms with Gasteiger partial charge in [0.2, 0.25) is 5.89 Å². The monoisotopic (exact) mass is 535 g/mol. The van der Waals surface area contributed by atoms with E-state index in [2.05, 4.69) is 67.3 Å². The molecule has 6 nitrogen and oxygen atoms in total. The molecule has 0 radical (unpaired) electrons. The molecule has 0 aliphatic heterocycles. The molecule has 2 aromatic rings. The summed E-state index contributed by atoms with van der Waals surface area (Å²) in [6, 6.07) is 8.22. The van der Waals surface area contributed by atoms with E-state index < -0.39 is 0 Å². The van der Waals surface area contributed by atoms with Crippen LogP contribution < -0.4 is 5.32 Å². The summed E-state index contributed by atoms with van der Waals surface area (Å²) < 4.78 is 6.37. The predicted octanol–water partition coefficient (Wildman–Crippen LogP) is 4.21. The number of hydrogen-bond donors (Lipinski definition) is 1. The normalized spacial score (nSPS) is 11.4. The fourth-order valence-electron chi connectivity index (χ4n) is 2.39. The molecule has 0 atom stereocenters. The van der Waals surface area contributed by atoms with Gasteiger partial charge < -0.3 is 14.7 Å². The van der Waals surface area contributed by atoms with Crippen molar-refractivity contribution in [2.75, 3.05) is 20.6 Å². The van der Waals surface area contributed by atoms with Crippen LogP contribution in [0.1, 0.15) is 43.5 Å². The van der Waals surface area contributed by atoms with E-state index in [-0.39, 0.29) is 24.0 Å². The molecule has 2 rings (SSSR count). The third-order valence-electron chi connectivity index (χ3n) is 3.79. The molecule has 0 bridgehead atoms. The molecule has 26 heavy (non-hydrogen) atoms. The van der Waals surface area contributed by atoms with E-state index in [4.69, 9.17) is 4.52 Å². The molecule has 144 valence electrons. The number of nitrogens with zero attached hydrogens (tertiary/aromatic N) is 4. The molecule has 0 unspecified atom stereocenters. The number of rotatable bonds is 7. The average molecular weight is 536 g/mol. The quantitative estimate of drug-likeness (QED) is 0.249. The summed E-state index contributed by atoms with van der Waals surface area (Å²) in [6.07, 6.45) is 1.67. The van der Waals surface area contributed by atoms with E-state index in [1.165, 1.54) is 5.56 Å². The molecule has 1 heterocycles. The molecule has 0 fully saturated rings. The minimum absolute atomic E-state index is 0. The lowest BCUT2D eigenvalue weighted by molar-refractivity contribution is 0.368. The first-order valence-electron chi connectivity index (χ1n) is 8.49.